The Bertz CT molecular complexity index is 652. The van der Waals surface area contributed by atoms with Crippen LogP contribution < -0.4 is 5.32 Å². The zero-order valence-corrected chi connectivity index (χ0v) is 10.2. The second kappa shape index (κ2) is 5.80. The number of carbonyl (C=O) groups is 1. The summed E-state index contributed by atoms with van der Waals surface area (Å²) in [4.78, 5) is 15.9. The van der Waals surface area contributed by atoms with Crippen LogP contribution in [0.25, 0.3) is 0 Å². The summed E-state index contributed by atoms with van der Waals surface area (Å²) in [5.41, 5.74) is 1.08. The second-order valence-corrected chi connectivity index (χ2v) is 3.65. The molecule has 1 amide bonds. The van der Waals surface area contributed by atoms with Crippen molar-refractivity contribution < 1.29 is 14.4 Å². The lowest BCUT2D eigenvalue weighted by molar-refractivity contribution is 0.0987. The number of aromatic nitrogens is 2. The average molecular weight is 257 g/mol. The van der Waals surface area contributed by atoms with Crippen LogP contribution in [0.2, 0.25) is 0 Å². The van der Waals surface area contributed by atoms with Gasteiger partial charge in [-0.25, -0.2) is 4.98 Å². The fourth-order valence-electron chi connectivity index (χ4n) is 1.35. The van der Waals surface area contributed by atoms with Crippen LogP contribution in [-0.4, -0.2) is 27.8 Å². The standard InChI is InChI=1S/C13H11N3O3/c1-9-8-11(19-16-9)13(18)15-12-6-2-4-10(14-12)5-3-7-17/h2,4,6,8,17H,7H2,1H3,(H,14,15,18). The van der Waals surface area contributed by atoms with Gasteiger partial charge in [0.15, 0.2) is 0 Å². The van der Waals surface area contributed by atoms with Gasteiger partial charge in [0.2, 0.25) is 5.76 Å². The lowest BCUT2D eigenvalue weighted by Crippen LogP contribution is -2.12. The first-order valence-corrected chi connectivity index (χ1v) is 5.50. The minimum atomic E-state index is -0.430. The average Bonchev–Trinajstić information content (AvgIpc) is 2.83. The molecule has 0 fully saturated rings. The van der Waals surface area contributed by atoms with Crippen molar-refractivity contribution in [1.29, 1.82) is 0 Å². The van der Waals surface area contributed by atoms with Gasteiger partial charge in [-0.2, -0.15) is 0 Å². The number of hydrogen-bond acceptors (Lipinski definition) is 5. The molecule has 6 heteroatoms. The van der Waals surface area contributed by atoms with Crippen molar-refractivity contribution >= 4 is 11.7 Å². The van der Waals surface area contributed by atoms with Gasteiger partial charge in [0.25, 0.3) is 5.91 Å². The van der Waals surface area contributed by atoms with Crippen LogP contribution in [0, 0.1) is 18.8 Å². The minimum Gasteiger partial charge on any atom is -0.384 e. The molecule has 0 saturated carbocycles. The molecule has 6 nitrogen and oxygen atoms in total. The van der Waals surface area contributed by atoms with Crippen molar-refractivity contribution in [2.75, 3.05) is 11.9 Å². The molecule has 0 radical (unpaired) electrons. The third-order valence-electron chi connectivity index (χ3n) is 2.14. The van der Waals surface area contributed by atoms with Crippen LogP contribution in [0.4, 0.5) is 5.82 Å². The van der Waals surface area contributed by atoms with Gasteiger partial charge in [-0.15, -0.1) is 0 Å². The van der Waals surface area contributed by atoms with Crippen molar-refractivity contribution in [1.82, 2.24) is 10.1 Å². The highest BCUT2D eigenvalue weighted by Crippen LogP contribution is 2.08. The molecule has 0 atom stereocenters. The van der Waals surface area contributed by atoms with E-state index in [9.17, 15) is 4.79 Å². The van der Waals surface area contributed by atoms with Gasteiger partial charge < -0.3 is 14.9 Å². The number of anilines is 1. The first kappa shape index (κ1) is 12.8. The maximum absolute atomic E-state index is 11.8. The van der Waals surface area contributed by atoms with Crippen molar-refractivity contribution in [3.8, 4) is 11.8 Å². The Hall–Kier alpha value is -2.65. The Morgan fingerprint density at radius 1 is 1.53 bits per heavy atom. The zero-order chi connectivity index (χ0) is 13.7. The molecule has 0 aliphatic heterocycles. The van der Waals surface area contributed by atoms with E-state index in [1.807, 2.05) is 0 Å². The number of rotatable bonds is 2. The van der Waals surface area contributed by atoms with E-state index in [0.717, 1.165) is 0 Å². The number of nitrogens with zero attached hydrogens (tertiary/aromatic N) is 2. The summed E-state index contributed by atoms with van der Waals surface area (Å²) in [6.45, 7) is 1.49. The van der Waals surface area contributed by atoms with Crippen molar-refractivity contribution in [3.05, 3.63) is 41.4 Å². The monoisotopic (exact) mass is 257 g/mol. The van der Waals surface area contributed by atoms with Crippen molar-refractivity contribution in [3.63, 3.8) is 0 Å². The van der Waals surface area contributed by atoms with Crippen LogP contribution in [0.5, 0.6) is 0 Å². The smallest absolute Gasteiger partial charge is 0.295 e. The molecule has 0 spiro atoms. The quantitative estimate of drug-likeness (QED) is 0.783. The Kier molecular flexibility index (Phi) is 3.90. The highest BCUT2D eigenvalue weighted by Gasteiger charge is 2.12. The lowest BCUT2D eigenvalue weighted by atomic mass is 10.3. The van der Waals surface area contributed by atoms with E-state index in [4.69, 9.17) is 9.63 Å². The van der Waals surface area contributed by atoms with Gasteiger partial charge in [0.1, 0.15) is 18.1 Å². The number of carbonyl (C=O) groups excluding carboxylic acids is 1. The Balaban J connectivity index is 2.13. The van der Waals surface area contributed by atoms with E-state index in [1.165, 1.54) is 6.07 Å². The Morgan fingerprint density at radius 2 is 2.37 bits per heavy atom. The first-order valence-electron chi connectivity index (χ1n) is 5.50. The molecule has 2 N–H and O–H groups in total. The molecule has 19 heavy (non-hydrogen) atoms. The normalized spacial score (nSPS) is 9.58. The maximum Gasteiger partial charge on any atom is 0.295 e. The van der Waals surface area contributed by atoms with Gasteiger partial charge >= 0.3 is 0 Å². The SMILES string of the molecule is Cc1cc(C(=O)Nc2cccc(C#CCO)n2)on1. The summed E-state index contributed by atoms with van der Waals surface area (Å²) in [7, 11) is 0. The predicted octanol–water partition coefficient (Wildman–Crippen LogP) is 0.974. The van der Waals surface area contributed by atoms with Crippen LogP contribution >= 0.6 is 0 Å². The maximum atomic E-state index is 11.8. The summed E-state index contributed by atoms with van der Waals surface area (Å²) in [6, 6.07) is 6.54. The summed E-state index contributed by atoms with van der Waals surface area (Å²) in [6.07, 6.45) is 0. The Labute approximate surface area is 109 Å². The molecular weight excluding hydrogens is 246 g/mol. The topological polar surface area (TPSA) is 88.2 Å². The first-order chi connectivity index (χ1) is 9.19. The minimum absolute atomic E-state index is 0.117. The third-order valence-corrected chi connectivity index (χ3v) is 2.14. The number of hydrogen-bond donors (Lipinski definition) is 2. The van der Waals surface area contributed by atoms with E-state index in [2.05, 4.69) is 27.3 Å². The fourth-order valence-corrected chi connectivity index (χ4v) is 1.35. The van der Waals surface area contributed by atoms with Crippen molar-refractivity contribution in [2.24, 2.45) is 0 Å². The number of aryl methyl sites for hydroxylation is 1. The number of amides is 1. The van der Waals surface area contributed by atoms with E-state index in [0.29, 0.717) is 17.2 Å². The molecule has 2 heterocycles. The van der Waals surface area contributed by atoms with Gasteiger partial charge in [-0.3, -0.25) is 4.79 Å². The molecule has 0 aliphatic rings. The van der Waals surface area contributed by atoms with Gasteiger partial charge in [0.05, 0.1) is 5.69 Å². The summed E-state index contributed by atoms with van der Waals surface area (Å²) >= 11 is 0. The molecule has 2 aromatic rings. The molecule has 0 saturated heterocycles. The molecule has 2 aromatic heterocycles. The van der Waals surface area contributed by atoms with Gasteiger partial charge in [-0.1, -0.05) is 17.1 Å². The molecular formula is C13H11N3O3. The van der Waals surface area contributed by atoms with Crippen molar-refractivity contribution in [2.45, 2.75) is 6.92 Å². The van der Waals surface area contributed by atoms with E-state index in [-0.39, 0.29) is 12.4 Å². The summed E-state index contributed by atoms with van der Waals surface area (Å²) in [5.74, 6) is 5.17. The van der Waals surface area contributed by atoms with E-state index >= 15 is 0 Å². The summed E-state index contributed by atoms with van der Waals surface area (Å²) in [5, 5.41) is 14.8. The molecule has 0 bridgehead atoms. The Morgan fingerprint density at radius 3 is 3.05 bits per heavy atom. The second-order valence-electron chi connectivity index (χ2n) is 3.65. The van der Waals surface area contributed by atoms with Crippen LogP contribution in [0.1, 0.15) is 21.9 Å². The number of aliphatic hydroxyl groups excluding tert-OH is 1. The van der Waals surface area contributed by atoms with Crippen LogP contribution in [-0.2, 0) is 0 Å². The molecule has 0 aromatic carbocycles. The fraction of sp³-hybridized carbons (Fsp3) is 0.154. The van der Waals surface area contributed by atoms with E-state index < -0.39 is 5.91 Å². The van der Waals surface area contributed by atoms with Crippen LogP contribution in [0.3, 0.4) is 0 Å². The number of pyridine rings is 1. The highest BCUT2D eigenvalue weighted by molar-refractivity contribution is 6.01. The lowest BCUT2D eigenvalue weighted by Gasteiger charge is -2.01. The largest absolute Gasteiger partial charge is 0.384 e. The summed E-state index contributed by atoms with van der Waals surface area (Å²) < 4.78 is 4.84. The molecule has 2 rings (SSSR count). The van der Waals surface area contributed by atoms with E-state index in [1.54, 1.807) is 25.1 Å². The number of nitrogens with one attached hydrogen (secondary N) is 1. The number of aliphatic hydroxyl groups is 1. The molecule has 0 unspecified atom stereocenters. The zero-order valence-electron chi connectivity index (χ0n) is 10.2. The molecule has 96 valence electrons. The highest BCUT2D eigenvalue weighted by atomic mass is 16.5. The van der Waals surface area contributed by atoms with Gasteiger partial charge in [0, 0.05) is 6.07 Å². The van der Waals surface area contributed by atoms with Crippen LogP contribution in [0.15, 0.2) is 28.8 Å². The molecule has 0 aliphatic carbocycles. The third kappa shape index (κ3) is 3.40. The van der Waals surface area contributed by atoms with Gasteiger partial charge in [-0.05, 0) is 25.0 Å². The predicted molar refractivity (Wildman–Crippen MR) is 67.4 cm³/mol.